The van der Waals surface area contributed by atoms with Crippen molar-refractivity contribution >= 4 is 11.9 Å². The zero-order valence-corrected chi connectivity index (χ0v) is 12.7. The van der Waals surface area contributed by atoms with Crippen LogP contribution in [0.2, 0.25) is 0 Å². The van der Waals surface area contributed by atoms with Gasteiger partial charge in [-0.3, -0.25) is 9.48 Å². The third-order valence-electron chi connectivity index (χ3n) is 4.73. The van der Waals surface area contributed by atoms with Crippen LogP contribution in [0.25, 0.3) is 0 Å². The number of carbonyl (C=O) groups excluding carboxylic acids is 1. The second-order valence-electron chi connectivity index (χ2n) is 6.18. The predicted molar refractivity (Wildman–Crippen MR) is 77.3 cm³/mol. The van der Waals surface area contributed by atoms with Crippen LogP contribution in [0.4, 0.5) is 0 Å². The van der Waals surface area contributed by atoms with Gasteiger partial charge in [0.25, 0.3) is 0 Å². The van der Waals surface area contributed by atoms with Gasteiger partial charge in [0.15, 0.2) is 5.54 Å². The number of hydrogen-bond donors (Lipinski definition) is 1. The molecule has 22 heavy (non-hydrogen) atoms. The van der Waals surface area contributed by atoms with Gasteiger partial charge in [0.1, 0.15) is 0 Å². The van der Waals surface area contributed by atoms with Crippen molar-refractivity contribution in [2.45, 2.75) is 31.7 Å². The van der Waals surface area contributed by atoms with Gasteiger partial charge in [-0.1, -0.05) is 0 Å². The number of piperidine rings is 1. The Morgan fingerprint density at radius 3 is 2.64 bits per heavy atom. The number of aryl methyl sites for hydroxylation is 1. The van der Waals surface area contributed by atoms with E-state index in [4.69, 9.17) is 4.74 Å². The van der Waals surface area contributed by atoms with E-state index >= 15 is 0 Å². The zero-order chi connectivity index (χ0) is 15.7. The number of hydrogen-bond acceptors (Lipinski definition) is 4. The molecule has 3 heterocycles. The van der Waals surface area contributed by atoms with Crippen molar-refractivity contribution in [3.63, 3.8) is 0 Å². The fourth-order valence-electron chi connectivity index (χ4n) is 3.27. The maximum Gasteiger partial charge on any atom is 0.331 e. The van der Waals surface area contributed by atoms with Crippen molar-refractivity contribution in [1.82, 2.24) is 14.7 Å². The molecule has 1 amide bonds. The first-order valence-corrected chi connectivity index (χ1v) is 7.64. The molecular formula is C15H21N3O4. The van der Waals surface area contributed by atoms with E-state index in [0.717, 1.165) is 12.0 Å². The van der Waals surface area contributed by atoms with Crippen molar-refractivity contribution in [2.24, 2.45) is 5.92 Å². The van der Waals surface area contributed by atoms with Gasteiger partial charge in [0.2, 0.25) is 5.91 Å². The molecule has 7 nitrogen and oxygen atoms in total. The Kier molecular flexibility index (Phi) is 3.90. The Hall–Kier alpha value is -1.89. The first-order chi connectivity index (χ1) is 10.5. The van der Waals surface area contributed by atoms with Crippen LogP contribution in [0.1, 0.15) is 24.8 Å². The number of carbonyl (C=O) groups is 2. The molecule has 0 aliphatic carbocycles. The summed E-state index contributed by atoms with van der Waals surface area (Å²) in [4.78, 5) is 26.0. The van der Waals surface area contributed by atoms with E-state index in [0.29, 0.717) is 39.1 Å². The van der Waals surface area contributed by atoms with Gasteiger partial charge in [-0.15, -0.1) is 0 Å². The second kappa shape index (κ2) is 5.72. The molecule has 120 valence electrons. The number of carboxylic acids is 1. The summed E-state index contributed by atoms with van der Waals surface area (Å²) >= 11 is 0. The minimum Gasteiger partial charge on any atom is -0.479 e. The van der Waals surface area contributed by atoms with E-state index in [-0.39, 0.29) is 11.8 Å². The molecule has 0 spiro atoms. The number of aromatic nitrogens is 2. The van der Waals surface area contributed by atoms with E-state index in [1.165, 1.54) is 0 Å². The molecule has 3 rings (SSSR count). The standard InChI is InChI=1S/C15H21N3O4/c1-11-8-16-18(9-11)15(14(20)21)3-5-17(6-4-15)13(19)12-2-7-22-10-12/h8-9,12H,2-7,10H2,1H3,(H,20,21). The lowest BCUT2D eigenvalue weighted by molar-refractivity contribution is -0.154. The maximum atomic E-state index is 12.4. The Labute approximate surface area is 128 Å². The molecular weight excluding hydrogens is 286 g/mol. The van der Waals surface area contributed by atoms with Crippen LogP contribution in [-0.2, 0) is 19.9 Å². The second-order valence-corrected chi connectivity index (χ2v) is 6.18. The lowest BCUT2D eigenvalue weighted by atomic mass is 9.87. The van der Waals surface area contributed by atoms with Crippen molar-refractivity contribution in [2.75, 3.05) is 26.3 Å². The lowest BCUT2D eigenvalue weighted by Gasteiger charge is -2.39. The molecule has 0 bridgehead atoms. The highest BCUT2D eigenvalue weighted by molar-refractivity contribution is 5.81. The van der Waals surface area contributed by atoms with E-state index in [9.17, 15) is 14.7 Å². The van der Waals surface area contributed by atoms with E-state index in [1.807, 2.05) is 6.92 Å². The molecule has 2 aliphatic rings. The van der Waals surface area contributed by atoms with Gasteiger partial charge in [0, 0.05) is 38.7 Å². The minimum absolute atomic E-state index is 0.0655. The smallest absolute Gasteiger partial charge is 0.331 e. The summed E-state index contributed by atoms with van der Waals surface area (Å²) in [6.45, 7) is 3.90. The lowest BCUT2D eigenvalue weighted by Crippen LogP contribution is -2.53. The molecule has 7 heteroatoms. The summed E-state index contributed by atoms with van der Waals surface area (Å²) < 4.78 is 6.81. The van der Waals surface area contributed by atoms with Gasteiger partial charge in [0.05, 0.1) is 18.7 Å². The quantitative estimate of drug-likeness (QED) is 0.885. The summed E-state index contributed by atoms with van der Waals surface area (Å²) in [7, 11) is 0. The van der Waals surface area contributed by atoms with E-state index < -0.39 is 11.5 Å². The molecule has 0 radical (unpaired) electrons. The molecule has 0 saturated carbocycles. The van der Waals surface area contributed by atoms with E-state index in [2.05, 4.69) is 5.10 Å². The van der Waals surface area contributed by atoms with Crippen molar-refractivity contribution < 1.29 is 19.4 Å². The monoisotopic (exact) mass is 307 g/mol. The van der Waals surface area contributed by atoms with Gasteiger partial charge in [-0.2, -0.15) is 5.10 Å². The summed E-state index contributed by atoms with van der Waals surface area (Å²) in [6, 6.07) is 0. The highest BCUT2D eigenvalue weighted by atomic mass is 16.5. The SMILES string of the molecule is Cc1cnn(C2(C(=O)O)CCN(C(=O)C3CCOC3)CC2)c1. The zero-order valence-electron chi connectivity index (χ0n) is 12.7. The molecule has 1 N–H and O–H groups in total. The summed E-state index contributed by atoms with van der Waals surface area (Å²) in [5, 5.41) is 13.9. The number of likely N-dealkylation sites (tertiary alicyclic amines) is 1. The predicted octanol–water partition coefficient (Wildman–Crippen LogP) is 0.630. The van der Waals surface area contributed by atoms with Crippen molar-refractivity contribution in [3.8, 4) is 0 Å². The molecule has 2 aliphatic heterocycles. The molecule has 1 unspecified atom stereocenters. The number of amides is 1. The van der Waals surface area contributed by atoms with Crippen LogP contribution in [0.3, 0.4) is 0 Å². The van der Waals surface area contributed by atoms with Crippen molar-refractivity contribution in [3.05, 3.63) is 18.0 Å². The minimum atomic E-state index is -1.04. The van der Waals surface area contributed by atoms with Crippen LogP contribution in [0.15, 0.2) is 12.4 Å². The Morgan fingerprint density at radius 2 is 2.14 bits per heavy atom. The molecule has 1 atom stereocenters. The Bertz CT molecular complexity index is 569. The maximum absolute atomic E-state index is 12.4. The van der Waals surface area contributed by atoms with Crippen molar-refractivity contribution in [1.29, 1.82) is 0 Å². The summed E-state index contributed by atoms with van der Waals surface area (Å²) in [5.41, 5.74) is -0.112. The third-order valence-corrected chi connectivity index (χ3v) is 4.73. The first kappa shape index (κ1) is 15.0. The average Bonchev–Trinajstić information content (AvgIpc) is 3.18. The average molecular weight is 307 g/mol. The Balaban J connectivity index is 1.73. The number of aliphatic carboxylic acids is 1. The highest BCUT2D eigenvalue weighted by Crippen LogP contribution is 2.31. The van der Waals surface area contributed by atoms with Gasteiger partial charge >= 0.3 is 5.97 Å². The largest absolute Gasteiger partial charge is 0.479 e. The normalized spacial score (nSPS) is 24.4. The fraction of sp³-hybridized carbons (Fsp3) is 0.667. The summed E-state index contributed by atoms with van der Waals surface area (Å²) in [5.74, 6) is -0.857. The Morgan fingerprint density at radius 1 is 1.41 bits per heavy atom. The van der Waals surface area contributed by atoms with Crippen LogP contribution in [0, 0.1) is 12.8 Å². The number of rotatable bonds is 3. The topological polar surface area (TPSA) is 84.7 Å². The number of carboxylic acid groups (broad SMARTS) is 1. The number of ether oxygens (including phenoxy) is 1. The molecule has 0 aromatic carbocycles. The van der Waals surface area contributed by atoms with Gasteiger partial charge in [-0.25, -0.2) is 4.79 Å². The van der Waals surface area contributed by atoms with Crippen LogP contribution in [0.5, 0.6) is 0 Å². The summed E-state index contributed by atoms with van der Waals surface area (Å²) in [6.07, 6.45) is 4.94. The number of nitrogens with zero attached hydrogens (tertiary/aromatic N) is 3. The van der Waals surface area contributed by atoms with Gasteiger partial charge < -0.3 is 14.7 Å². The fourth-order valence-corrected chi connectivity index (χ4v) is 3.27. The van der Waals surface area contributed by atoms with Crippen LogP contribution >= 0.6 is 0 Å². The third kappa shape index (κ3) is 2.49. The van der Waals surface area contributed by atoms with Crippen LogP contribution in [-0.4, -0.2) is 58.0 Å². The molecule has 2 saturated heterocycles. The molecule has 1 aromatic heterocycles. The van der Waals surface area contributed by atoms with Gasteiger partial charge in [-0.05, 0) is 18.9 Å². The highest BCUT2D eigenvalue weighted by Gasteiger charge is 2.45. The van der Waals surface area contributed by atoms with Crippen LogP contribution < -0.4 is 0 Å². The molecule has 2 fully saturated rings. The molecule has 1 aromatic rings. The van der Waals surface area contributed by atoms with E-state index in [1.54, 1.807) is 22.0 Å². The first-order valence-electron chi connectivity index (χ1n) is 7.64.